The van der Waals surface area contributed by atoms with E-state index in [9.17, 15) is 5.11 Å². The van der Waals surface area contributed by atoms with Crippen molar-refractivity contribution in [3.05, 3.63) is 75.5 Å². The van der Waals surface area contributed by atoms with Crippen LogP contribution in [-0.2, 0) is 0 Å². The molecule has 172 valence electrons. The van der Waals surface area contributed by atoms with E-state index in [0.717, 1.165) is 57.2 Å². The number of aliphatic hydroxyl groups excluding tert-OH is 1. The number of hydrogen-bond donors (Lipinski definition) is 2. The largest absolute Gasteiger partial charge is 0.388 e. The third kappa shape index (κ3) is 4.40. The molecule has 3 aromatic rings. The molecule has 2 atom stereocenters. The number of fused-ring (bicyclic) bond motifs is 2. The highest BCUT2D eigenvalue weighted by Crippen LogP contribution is 2.35. The van der Waals surface area contributed by atoms with E-state index in [2.05, 4.69) is 42.1 Å². The van der Waals surface area contributed by atoms with Gasteiger partial charge < -0.3 is 15.3 Å². The zero-order valence-electron chi connectivity index (χ0n) is 19.4. The summed E-state index contributed by atoms with van der Waals surface area (Å²) in [5.74, 6) is 0.370. The Morgan fingerprint density at radius 2 is 1.97 bits per heavy atom. The van der Waals surface area contributed by atoms with Crippen molar-refractivity contribution in [2.45, 2.75) is 38.3 Å². The Morgan fingerprint density at radius 3 is 2.76 bits per heavy atom. The van der Waals surface area contributed by atoms with Gasteiger partial charge >= 0.3 is 0 Å². The first kappa shape index (κ1) is 22.1. The molecule has 1 fully saturated rings. The number of piperazine rings is 1. The van der Waals surface area contributed by atoms with Gasteiger partial charge in [0.05, 0.1) is 22.2 Å². The molecule has 1 saturated heterocycles. The lowest BCUT2D eigenvalue weighted by Crippen LogP contribution is -2.52. The standard InChI is InChI=1S/C26H31N5OS/c1-17(2)25-29-23-24(22-19(10-7-11-27-22)15-28-26(23)33-25)31-13-12-30(3)20(16-31)14-21(32)18-8-5-4-6-9-18/h4-11,15,17,20-21,28,32H,12-14,16H2,1-3H3/t20?,21-/m0/s1. The number of hydrogen-bond acceptors (Lipinski definition) is 7. The normalized spacial score (nSPS) is 19.4. The van der Waals surface area contributed by atoms with E-state index in [1.54, 1.807) is 11.3 Å². The first-order valence-corrected chi connectivity index (χ1v) is 12.4. The van der Waals surface area contributed by atoms with Crippen LogP contribution in [0.3, 0.4) is 0 Å². The second-order valence-corrected chi connectivity index (χ2v) is 10.2. The van der Waals surface area contributed by atoms with Crippen LogP contribution >= 0.6 is 11.3 Å². The highest BCUT2D eigenvalue weighted by atomic mass is 32.1. The molecule has 4 heterocycles. The SMILES string of the molecule is CC(C)c1nc2c(s1)NC=c1cccnc1=C2N1CCN(C)C(C[C@H](O)c2ccccc2)C1. The van der Waals surface area contributed by atoms with E-state index in [-0.39, 0.29) is 6.04 Å². The summed E-state index contributed by atoms with van der Waals surface area (Å²) in [6.45, 7) is 7.01. The summed E-state index contributed by atoms with van der Waals surface area (Å²) in [4.78, 5) is 14.7. The molecule has 2 N–H and O–H groups in total. The average Bonchev–Trinajstić information content (AvgIpc) is 3.19. The van der Waals surface area contributed by atoms with Crippen LogP contribution in [-0.4, -0.2) is 57.6 Å². The number of aromatic nitrogens is 2. The smallest absolute Gasteiger partial charge is 0.124 e. The molecule has 5 rings (SSSR count). The molecule has 0 bridgehead atoms. The molecule has 2 aliphatic heterocycles. The van der Waals surface area contributed by atoms with Gasteiger partial charge in [0.15, 0.2) is 0 Å². The number of benzene rings is 1. The molecule has 33 heavy (non-hydrogen) atoms. The Bertz CT molecular complexity index is 1240. The van der Waals surface area contributed by atoms with E-state index in [0.29, 0.717) is 12.3 Å². The van der Waals surface area contributed by atoms with Gasteiger partial charge in [-0.2, -0.15) is 0 Å². The molecule has 1 aromatic carbocycles. The van der Waals surface area contributed by atoms with Gasteiger partial charge in [-0.25, -0.2) is 4.98 Å². The van der Waals surface area contributed by atoms with Gasteiger partial charge in [-0.1, -0.05) is 44.2 Å². The molecule has 2 aromatic heterocycles. The van der Waals surface area contributed by atoms with Gasteiger partial charge in [0.1, 0.15) is 10.7 Å². The van der Waals surface area contributed by atoms with Gasteiger partial charge in [-0.15, -0.1) is 11.3 Å². The monoisotopic (exact) mass is 461 g/mol. The number of aliphatic hydroxyl groups is 1. The van der Waals surface area contributed by atoms with Crippen molar-refractivity contribution >= 4 is 28.2 Å². The minimum absolute atomic E-state index is 0.223. The minimum Gasteiger partial charge on any atom is -0.388 e. The quantitative estimate of drug-likeness (QED) is 0.609. The molecule has 0 aliphatic carbocycles. The number of anilines is 1. The summed E-state index contributed by atoms with van der Waals surface area (Å²) in [7, 11) is 2.16. The first-order chi connectivity index (χ1) is 16.0. The summed E-state index contributed by atoms with van der Waals surface area (Å²) in [6.07, 6.45) is 4.11. The molecule has 0 saturated carbocycles. The number of thiazole rings is 1. The van der Waals surface area contributed by atoms with Crippen LogP contribution in [0.2, 0.25) is 0 Å². The Kier molecular flexibility index (Phi) is 6.19. The summed E-state index contributed by atoms with van der Waals surface area (Å²) >= 11 is 1.73. The third-order valence-corrected chi connectivity index (χ3v) is 7.84. The molecule has 0 spiro atoms. The number of rotatable bonds is 5. The van der Waals surface area contributed by atoms with Crippen molar-refractivity contribution in [2.24, 2.45) is 0 Å². The molecule has 7 heteroatoms. The number of likely N-dealkylation sites (N-methyl/N-ethyl adjacent to an activating group) is 1. The van der Waals surface area contributed by atoms with Crippen LogP contribution < -0.4 is 15.9 Å². The summed E-state index contributed by atoms with van der Waals surface area (Å²) < 4.78 is 0. The minimum atomic E-state index is -0.486. The molecule has 6 nitrogen and oxygen atoms in total. The second-order valence-electron chi connectivity index (χ2n) is 9.21. The van der Waals surface area contributed by atoms with Crippen molar-refractivity contribution in [3.63, 3.8) is 0 Å². The molecule has 0 radical (unpaired) electrons. The number of nitrogens with zero attached hydrogens (tertiary/aromatic N) is 4. The molecule has 0 amide bonds. The average molecular weight is 462 g/mol. The van der Waals surface area contributed by atoms with Crippen molar-refractivity contribution in [1.29, 1.82) is 0 Å². The maximum atomic E-state index is 10.9. The van der Waals surface area contributed by atoms with Crippen LogP contribution in [0.5, 0.6) is 0 Å². The lowest BCUT2D eigenvalue weighted by molar-refractivity contribution is 0.0735. The van der Waals surface area contributed by atoms with Crippen LogP contribution in [0.1, 0.15) is 48.6 Å². The maximum Gasteiger partial charge on any atom is 0.124 e. The predicted molar refractivity (Wildman–Crippen MR) is 134 cm³/mol. The Morgan fingerprint density at radius 1 is 1.15 bits per heavy atom. The summed E-state index contributed by atoms with van der Waals surface area (Å²) in [5.41, 5.74) is 3.06. The predicted octanol–water partition coefficient (Wildman–Crippen LogP) is 2.72. The lowest BCUT2D eigenvalue weighted by atomic mass is 9.99. The fourth-order valence-electron chi connectivity index (χ4n) is 4.60. The van der Waals surface area contributed by atoms with E-state index >= 15 is 0 Å². The van der Waals surface area contributed by atoms with E-state index in [1.165, 1.54) is 0 Å². The van der Waals surface area contributed by atoms with E-state index < -0.39 is 6.10 Å². The molecule has 1 unspecified atom stereocenters. The Balaban J connectivity index is 1.52. The van der Waals surface area contributed by atoms with Crippen molar-refractivity contribution in [2.75, 3.05) is 32.0 Å². The lowest BCUT2D eigenvalue weighted by Gasteiger charge is -2.42. The fraction of sp³-hybridized carbons (Fsp3) is 0.385. The van der Waals surface area contributed by atoms with E-state index in [4.69, 9.17) is 9.97 Å². The van der Waals surface area contributed by atoms with Crippen LogP contribution in [0.25, 0.3) is 11.9 Å². The molecule has 2 aliphatic rings. The van der Waals surface area contributed by atoms with E-state index in [1.807, 2.05) is 48.8 Å². The van der Waals surface area contributed by atoms with Crippen molar-refractivity contribution < 1.29 is 5.11 Å². The van der Waals surface area contributed by atoms with Crippen molar-refractivity contribution in [1.82, 2.24) is 19.8 Å². The van der Waals surface area contributed by atoms with Gasteiger partial charge in [0.25, 0.3) is 0 Å². The Labute approximate surface area is 198 Å². The van der Waals surface area contributed by atoms with Crippen LogP contribution in [0.4, 0.5) is 5.00 Å². The highest BCUT2D eigenvalue weighted by Gasteiger charge is 2.31. The molecular formula is C26H31N5OS. The van der Waals surface area contributed by atoms with Gasteiger partial charge in [-0.3, -0.25) is 9.88 Å². The zero-order chi connectivity index (χ0) is 22.9. The van der Waals surface area contributed by atoms with Crippen LogP contribution in [0, 0.1) is 0 Å². The first-order valence-electron chi connectivity index (χ1n) is 11.6. The third-order valence-electron chi connectivity index (χ3n) is 6.56. The Hall–Kier alpha value is -2.74. The molecular weight excluding hydrogens is 430 g/mol. The van der Waals surface area contributed by atoms with Crippen molar-refractivity contribution in [3.8, 4) is 0 Å². The highest BCUT2D eigenvalue weighted by molar-refractivity contribution is 7.16. The van der Waals surface area contributed by atoms with Gasteiger partial charge in [0, 0.05) is 49.2 Å². The zero-order valence-corrected chi connectivity index (χ0v) is 20.2. The summed E-state index contributed by atoms with van der Waals surface area (Å²) in [6, 6.07) is 14.3. The maximum absolute atomic E-state index is 10.9. The number of nitrogens with one attached hydrogen (secondary N) is 1. The van der Waals surface area contributed by atoms with Crippen LogP contribution in [0.15, 0.2) is 48.7 Å². The fourth-order valence-corrected chi connectivity index (χ4v) is 5.54. The van der Waals surface area contributed by atoms with Gasteiger partial charge in [0.2, 0.25) is 0 Å². The second kappa shape index (κ2) is 9.25. The number of pyridine rings is 1. The summed E-state index contributed by atoms with van der Waals surface area (Å²) in [5, 5.41) is 18.7. The topological polar surface area (TPSA) is 64.5 Å². The van der Waals surface area contributed by atoms with Gasteiger partial charge in [-0.05, 0) is 31.2 Å².